The Bertz CT molecular complexity index is 1510. The molecule has 0 aliphatic rings. The van der Waals surface area contributed by atoms with E-state index in [1.54, 1.807) is 0 Å². The maximum atomic E-state index is 13.3. The van der Waals surface area contributed by atoms with Crippen LogP contribution in [-0.2, 0) is 24.0 Å². The van der Waals surface area contributed by atoms with Gasteiger partial charge in [0, 0.05) is 33.5 Å². The van der Waals surface area contributed by atoms with Crippen LogP contribution >= 0.6 is 46.6 Å². The molecular formula is C49H80BCl2N4OP3Ru+3. The van der Waals surface area contributed by atoms with Gasteiger partial charge in [-0.3, -0.25) is 0 Å². The molecule has 61 heavy (non-hydrogen) atoms. The summed E-state index contributed by atoms with van der Waals surface area (Å²) in [4.78, 5) is 2.52. The Morgan fingerprint density at radius 1 is 0.525 bits per heavy atom. The number of nitrogens with one attached hydrogen (secondary N) is 2. The van der Waals surface area contributed by atoms with E-state index in [0.717, 1.165) is 55.4 Å². The first-order chi connectivity index (χ1) is 28.6. The molecule has 0 aromatic heterocycles. The van der Waals surface area contributed by atoms with E-state index in [2.05, 4.69) is 219 Å². The number of nitrogens with zero attached hydrogens (tertiary/aromatic N) is 2. The van der Waals surface area contributed by atoms with Crippen molar-refractivity contribution in [3.63, 3.8) is 0 Å². The molecule has 5 nitrogen and oxygen atoms in total. The van der Waals surface area contributed by atoms with Crippen molar-refractivity contribution in [2.75, 3.05) is 44.6 Å². The summed E-state index contributed by atoms with van der Waals surface area (Å²) in [7, 11) is -3.58. The van der Waals surface area contributed by atoms with Gasteiger partial charge >= 0.3 is 19.5 Å². The maximum absolute atomic E-state index is 13.3. The summed E-state index contributed by atoms with van der Waals surface area (Å²) < 4.78 is 13.3. The first-order valence-electron chi connectivity index (χ1n) is 22.3. The largest absolute Gasteiger partial charge is 3.00 e. The summed E-state index contributed by atoms with van der Waals surface area (Å²) in [6.07, 6.45) is -1.22. The summed E-state index contributed by atoms with van der Waals surface area (Å²) in [5.74, 6) is 0. The average Bonchev–Trinajstić information content (AvgIpc) is 3.22. The van der Waals surface area contributed by atoms with Crippen molar-refractivity contribution < 1.29 is 24.0 Å². The second-order valence-electron chi connectivity index (χ2n) is 17.6. The minimum atomic E-state index is -2.48. The molecule has 339 valence electrons. The van der Waals surface area contributed by atoms with E-state index < -0.39 is 29.6 Å². The Kier molecular flexibility index (Phi) is 29.6. The van der Waals surface area contributed by atoms with Crippen molar-refractivity contribution >= 4 is 74.6 Å². The van der Waals surface area contributed by atoms with E-state index >= 15 is 0 Å². The molecule has 0 saturated heterocycles. The van der Waals surface area contributed by atoms with E-state index in [-0.39, 0.29) is 36.1 Å². The molecule has 1 radical (unpaired) electrons. The van der Waals surface area contributed by atoms with Gasteiger partial charge in [0.25, 0.3) is 0 Å². The summed E-state index contributed by atoms with van der Waals surface area (Å²) in [6, 6.07) is 43.5. The molecule has 0 bridgehead atoms. The van der Waals surface area contributed by atoms with Crippen LogP contribution in [0, 0.1) is 0 Å². The molecule has 4 aromatic rings. The van der Waals surface area contributed by atoms with Crippen molar-refractivity contribution in [1.82, 2.24) is 15.1 Å². The van der Waals surface area contributed by atoms with Crippen LogP contribution in [0.3, 0.4) is 0 Å². The van der Waals surface area contributed by atoms with Gasteiger partial charge in [0.15, 0.2) is 0 Å². The van der Waals surface area contributed by atoms with E-state index in [0.29, 0.717) is 6.54 Å². The average molecular weight is 1020 g/mol. The minimum Gasteiger partial charge on any atom is -0.601 e. The molecule has 0 amide bonds. The molecule has 0 saturated carbocycles. The zero-order valence-corrected chi connectivity index (χ0v) is 45.5. The zero-order valence-electron chi connectivity index (χ0n) is 39.4. The van der Waals surface area contributed by atoms with Crippen molar-refractivity contribution in [2.45, 2.75) is 117 Å². The van der Waals surface area contributed by atoms with Gasteiger partial charge in [-0.1, -0.05) is 149 Å². The normalized spacial score (nSPS) is 12.0. The minimum absolute atomic E-state index is 0. The van der Waals surface area contributed by atoms with Gasteiger partial charge in [-0.15, -0.1) is 29.7 Å². The van der Waals surface area contributed by atoms with E-state index in [1.165, 1.54) is 21.9 Å². The third-order valence-electron chi connectivity index (χ3n) is 11.4. The predicted molar refractivity (Wildman–Crippen MR) is 282 cm³/mol. The number of rotatable bonds is 22. The number of alkyl halides is 2. The molecule has 0 unspecified atom stereocenters. The smallest absolute Gasteiger partial charge is 0.601 e. The fourth-order valence-electron chi connectivity index (χ4n) is 8.59. The molecule has 0 aliphatic heterocycles. The van der Waals surface area contributed by atoms with Gasteiger partial charge in [0.05, 0.1) is 44.1 Å². The fraction of sp³-hybridized carbons (Fsp3) is 0.510. The first kappa shape index (κ1) is 58.1. The maximum Gasteiger partial charge on any atom is 3.00 e. The van der Waals surface area contributed by atoms with Crippen LogP contribution < -0.4 is 32.0 Å². The van der Waals surface area contributed by atoms with Crippen LogP contribution in [0.2, 0.25) is 0 Å². The standard InChI is InChI=1S/C24H20B.C24H56N4OP3.CH2Cl2.Ru/c1-5-13-21(14-6-1)25(22-15-7-2-8-16-22,23-17-9-3-10-18-23)24-19-11-4-12-20-24;1-19(2)30(20(3)4)25-13-16-28(17-14-26-31(21(5)6)22(7)8)18-15-27-32(29,23(9)10)24(11)12;2-1-3;/h1-20H;19-26H,13-18H2,1-12H3;1H2;/q2*-1;;+3/p+2. The zero-order chi connectivity index (χ0) is 44.7. The van der Waals surface area contributed by atoms with Crippen molar-refractivity contribution in [3.05, 3.63) is 126 Å². The molecule has 0 atom stereocenters. The summed E-state index contributed by atoms with van der Waals surface area (Å²) >= 11 is 9.53. The monoisotopic (exact) mass is 1020 g/mol. The molecule has 0 fully saturated rings. The third-order valence-corrected chi connectivity index (χ3v) is 21.3. The topological polar surface area (TPSA) is 58.5 Å². The van der Waals surface area contributed by atoms with E-state index in [9.17, 15) is 4.57 Å². The van der Waals surface area contributed by atoms with Crippen LogP contribution in [-0.4, -0.2) is 89.6 Å². The number of hydrogen-bond donors (Lipinski definition) is 2. The quantitative estimate of drug-likeness (QED) is 0.0468. The summed E-state index contributed by atoms with van der Waals surface area (Å²) in [5.41, 5.74) is 8.54. The van der Waals surface area contributed by atoms with Gasteiger partial charge in [0.2, 0.25) is 0 Å². The molecule has 4 aromatic carbocycles. The van der Waals surface area contributed by atoms with Crippen molar-refractivity contribution in [2.24, 2.45) is 0 Å². The van der Waals surface area contributed by atoms with Gasteiger partial charge in [-0.05, 0) is 73.3 Å². The Morgan fingerprint density at radius 2 is 0.787 bits per heavy atom. The molecule has 2 N–H and O–H groups in total. The molecule has 4 rings (SSSR count). The van der Waals surface area contributed by atoms with Gasteiger partial charge in [0.1, 0.15) is 6.15 Å². The number of halogens is 2. The Morgan fingerprint density at radius 3 is 1.02 bits per heavy atom. The van der Waals surface area contributed by atoms with Gasteiger partial charge in [-0.25, -0.2) is 0 Å². The van der Waals surface area contributed by atoms with E-state index in [1.807, 2.05) is 0 Å². The summed E-state index contributed by atoms with van der Waals surface area (Å²) in [5, 5.41) is 12.8. The summed E-state index contributed by atoms with van der Waals surface area (Å²) in [6.45, 7) is 32.7. The Balaban J connectivity index is 0.000000574. The molecule has 0 aliphatic carbocycles. The first-order valence-corrected chi connectivity index (χ1v) is 28.5. The Labute approximate surface area is 399 Å². The van der Waals surface area contributed by atoms with Crippen LogP contribution in [0.25, 0.3) is 5.09 Å². The van der Waals surface area contributed by atoms with Crippen molar-refractivity contribution in [1.29, 1.82) is 0 Å². The second kappa shape index (κ2) is 31.1. The second-order valence-corrected chi connectivity index (χ2v) is 29.2. The van der Waals surface area contributed by atoms with Gasteiger partial charge < -0.3 is 14.6 Å². The van der Waals surface area contributed by atoms with Crippen molar-refractivity contribution in [3.8, 4) is 0 Å². The van der Waals surface area contributed by atoms with Crippen LogP contribution in [0.4, 0.5) is 0 Å². The predicted octanol–water partition coefficient (Wildman–Crippen LogP) is 11.3. The van der Waals surface area contributed by atoms with E-state index in [4.69, 9.17) is 28.3 Å². The molecule has 12 heteroatoms. The SMILES string of the molecule is CC(C)[PH+](NCCN(CC[N-]P(=O)(C(C)C)C(C)C)CCN[PH+](C(C)C)C(C)C)C(C)C.ClCCl.[Ru+3].c1ccc([B-](c2ccccc2)(c2ccccc2)c2ccccc2)cc1. The molecule has 0 spiro atoms. The van der Waals surface area contributed by atoms with Crippen LogP contribution in [0.15, 0.2) is 121 Å². The van der Waals surface area contributed by atoms with Gasteiger partial charge in [-0.2, -0.15) is 32.0 Å². The number of benzene rings is 4. The Hall–Kier alpha value is -0.922. The van der Waals surface area contributed by atoms with Crippen LogP contribution in [0.5, 0.6) is 0 Å². The number of hydrogen-bond acceptors (Lipinski definition) is 4. The molecular weight excluding hydrogens is 936 g/mol. The third kappa shape index (κ3) is 18.5. The van der Waals surface area contributed by atoms with Crippen LogP contribution in [0.1, 0.15) is 83.1 Å². The fourth-order valence-corrected chi connectivity index (χ4v) is 15.9. The molecule has 0 heterocycles.